The van der Waals surface area contributed by atoms with Crippen molar-refractivity contribution in [1.29, 1.82) is 0 Å². The molecule has 1 aliphatic heterocycles. The van der Waals surface area contributed by atoms with Crippen LogP contribution in [0.5, 0.6) is 0 Å². The van der Waals surface area contributed by atoms with Crippen LogP contribution in [0.3, 0.4) is 0 Å². The maximum absolute atomic E-state index is 11.0. The van der Waals surface area contributed by atoms with Gasteiger partial charge in [-0.05, 0) is 6.92 Å². The van der Waals surface area contributed by atoms with Crippen molar-refractivity contribution < 1.29 is 19.0 Å². The molecular weight excluding hydrogens is 222 g/mol. The summed E-state index contributed by atoms with van der Waals surface area (Å²) in [6.45, 7) is 10.9. The number of esters is 1. The van der Waals surface area contributed by atoms with Crippen LogP contribution in [0.15, 0.2) is 12.2 Å². The summed E-state index contributed by atoms with van der Waals surface area (Å²) >= 11 is 0. The van der Waals surface area contributed by atoms with Gasteiger partial charge in [-0.1, -0.05) is 6.58 Å². The Morgan fingerprint density at radius 1 is 1.29 bits per heavy atom. The van der Waals surface area contributed by atoms with Crippen LogP contribution in [0.1, 0.15) is 6.92 Å². The van der Waals surface area contributed by atoms with E-state index < -0.39 is 0 Å². The van der Waals surface area contributed by atoms with Gasteiger partial charge in [0.25, 0.3) is 0 Å². The van der Waals surface area contributed by atoms with E-state index in [1.54, 1.807) is 6.92 Å². The van der Waals surface area contributed by atoms with Crippen molar-refractivity contribution in [1.82, 2.24) is 4.90 Å². The lowest BCUT2D eigenvalue weighted by molar-refractivity contribution is -0.140. The van der Waals surface area contributed by atoms with Crippen LogP contribution in [-0.4, -0.2) is 63.5 Å². The van der Waals surface area contributed by atoms with Crippen molar-refractivity contribution in [3.63, 3.8) is 0 Å². The third kappa shape index (κ3) is 6.41. The molecule has 0 N–H and O–H groups in total. The monoisotopic (exact) mass is 243 g/mol. The van der Waals surface area contributed by atoms with Crippen molar-refractivity contribution >= 4 is 5.97 Å². The molecule has 17 heavy (non-hydrogen) atoms. The molecule has 5 heteroatoms. The van der Waals surface area contributed by atoms with E-state index in [9.17, 15) is 4.79 Å². The quantitative estimate of drug-likeness (QED) is 0.369. The van der Waals surface area contributed by atoms with Gasteiger partial charge in [0.05, 0.1) is 26.4 Å². The zero-order valence-corrected chi connectivity index (χ0v) is 10.4. The van der Waals surface area contributed by atoms with Gasteiger partial charge < -0.3 is 14.2 Å². The zero-order chi connectivity index (χ0) is 12.5. The SMILES string of the molecule is C=C(C)C(=O)OCCOCCN1CCOCC1. The second-order valence-electron chi connectivity index (χ2n) is 3.98. The van der Waals surface area contributed by atoms with E-state index in [0.29, 0.717) is 18.8 Å². The maximum atomic E-state index is 11.0. The number of rotatable bonds is 7. The first-order valence-corrected chi connectivity index (χ1v) is 5.90. The third-order valence-corrected chi connectivity index (χ3v) is 2.46. The smallest absolute Gasteiger partial charge is 0.333 e. The zero-order valence-electron chi connectivity index (χ0n) is 10.4. The second-order valence-corrected chi connectivity index (χ2v) is 3.98. The average Bonchev–Trinajstić information content (AvgIpc) is 2.34. The molecule has 0 atom stereocenters. The summed E-state index contributed by atoms with van der Waals surface area (Å²) in [4.78, 5) is 13.3. The van der Waals surface area contributed by atoms with E-state index in [-0.39, 0.29) is 12.6 Å². The van der Waals surface area contributed by atoms with E-state index in [0.717, 1.165) is 32.8 Å². The molecule has 0 bridgehead atoms. The molecule has 1 saturated heterocycles. The molecule has 98 valence electrons. The molecule has 0 aliphatic carbocycles. The Hall–Kier alpha value is -0.910. The van der Waals surface area contributed by atoms with Gasteiger partial charge >= 0.3 is 5.97 Å². The molecule has 0 aromatic carbocycles. The first-order valence-electron chi connectivity index (χ1n) is 5.90. The van der Waals surface area contributed by atoms with Crippen LogP contribution in [0.2, 0.25) is 0 Å². The van der Waals surface area contributed by atoms with Gasteiger partial charge in [-0.25, -0.2) is 4.79 Å². The largest absolute Gasteiger partial charge is 0.460 e. The van der Waals surface area contributed by atoms with E-state index in [1.807, 2.05) is 0 Å². The highest BCUT2D eigenvalue weighted by molar-refractivity contribution is 5.86. The fourth-order valence-corrected chi connectivity index (χ4v) is 1.44. The van der Waals surface area contributed by atoms with Crippen LogP contribution in [0.4, 0.5) is 0 Å². The van der Waals surface area contributed by atoms with Crippen LogP contribution >= 0.6 is 0 Å². The minimum Gasteiger partial charge on any atom is -0.460 e. The first-order chi connectivity index (χ1) is 8.20. The van der Waals surface area contributed by atoms with Crippen molar-refractivity contribution in [3.05, 3.63) is 12.2 Å². The molecule has 0 amide bonds. The van der Waals surface area contributed by atoms with E-state index in [2.05, 4.69) is 11.5 Å². The minimum atomic E-state index is -0.359. The number of morpholine rings is 1. The molecule has 0 aromatic rings. The number of carbonyl (C=O) groups excluding carboxylic acids is 1. The Bertz CT molecular complexity index is 249. The fourth-order valence-electron chi connectivity index (χ4n) is 1.44. The summed E-state index contributed by atoms with van der Waals surface area (Å²) in [5.41, 5.74) is 0.415. The average molecular weight is 243 g/mol. The van der Waals surface area contributed by atoms with Gasteiger partial charge in [0.1, 0.15) is 6.61 Å². The summed E-state index contributed by atoms with van der Waals surface area (Å²) in [6, 6.07) is 0. The minimum absolute atomic E-state index is 0.287. The number of nitrogens with zero attached hydrogens (tertiary/aromatic N) is 1. The molecule has 1 fully saturated rings. The van der Waals surface area contributed by atoms with E-state index in [4.69, 9.17) is 14.2 Å². The summed E-state index contributed by atoms with van der Waals surface area (Å²) in [5.74, 6) is -0.359. The van der Waals surface area contributed by atoms with Crippen LogP contribution < -0.4 is 0 Å². The number of carbonyl (C=O) groups is 1. The molecule has 0 saturated carbocycles. The third-order valence-electron chi connectivity index (χ3n) is 2.46. The predicted octanol–water partition coefficient (Wildman–Crippen LogP) is 0.455. The molecule has 0 aromatic heterocycles. The Morgan fingerprint density at radius 2 is 2.00 bits per heavy atom. The summed E-state index contributed by atoms with van der Waals surface area (Å²) < 4.78 is 15.5. The van der Waals surface area contributed by atoms with Gasteiger partial charge in [0.2, 0.25) is 0 Å². The maximum Gasteiger partial charge on any atom is 0.333 e. The van der Waals surface area contributed by atoms with Crippen LogP contribution in [0.25, 0.3) is 0 Å². The van der Waals surface area contributed by atoms with Crippen molar-refractivity contribution in [3.8, 4) is 0 Å². The van der Waals surface area contributed by atoms with E-state index in [1.165, 1.54) is 0 Å². The van der Waals surface area contributed by atoms with Crippen molar-refractivity contribution in [2.75, 3.05) is 52.7 Å². The Balaban J connectivity index is 1.90. The molecule has 0 spiro atoms. The lowest BCUT2D eigenvalue weighted by Crippen LogP contribution is -2.38. The lowest BCUT2D eigenvalue weighted by Gasteiger charge is -2.26. The molecule has 0 unspecified atom stereocenters. The first kappa shape index (κ1) is 14.2. The predicted molar refractivity (Wildman–Crippen MR) is 63.9 cm³/mol. The molecule has 1 rings (SSSR count). The second kappa shape index (κ2) is 8.22. The summed E-state index contributed by atoms with van der Waals surface area (Å²) in [7, 11) is 0. The molecular formula is C12H21NO4. The number of hydrogen-bond donors (Lipinski definition) is 0. The highest BCUT2D eigenvalue weighted by Crippen LogP contribution is 1.96. The highest BCUT2D eigenvalue weighted by Gasteiger charge is 2.09. The Morgan fingerprint density at radius 3 is 2.65 bits per heavy atom. The van der Waals surface area contributed by atoms with Crippen molar-refractivity contribution in [2.45, 2.75) is 6.92 Å². The number of hydrogen-bond acceptors (Lipinski definition) is 5. The lowest BCUT2D eigenvalue weighted by atomic mass is 10.4. The fraction of sp³-hybridized carbons (Fsp3) is 0.750. The van der Waals surface area contributed by atoms with E-state index >= 15 is 0 Å². The van der Waals surface area contributed by atoms with Gasteiger partial charge in [0, 0.05) is 25.2 Å². The highest BCUT2D eigenvalue weighted by atomic mass is 16.6. The molecule has 5 nitrogen and oxygen atoms in total. The van der Waals surface area contributed by atoms with Gasteiger partial charge in [-0.3, -0.25) is 4.90 Å². The van der Waals surface area contributed by atoms with Crippen molar-refractivity contribution in [2.24, 2.45) is 0 Å². The standard InChI is InChI=1S/C12H21NO4/c1-11(2)12(14)17-10-9-16-8-5-13-3-6-15-7-4-13/h1,3-10H2,2H3. The summed E-state index contributed by atoms with van der Waals surface area (Å²) in [5, 5.41) is 0. The summed E-state index contributed by atoms with van der Waals surface area (Å²) in [6.07, 6.45) is 0. The number of ether oxygens (including phenoxy) is 3. The van der Waals surface area contributed by atoms with Gasteiger partial charge in [-0.2, -0.15) is 0 Å². The Kier molecular flexibility index (Phi) is 6.84. The molecule has 1 heterocycles. The molecule has 1 aliphatic rings. The topological polar surface area (TPSA) is 48.0 Å². The normalized spacial score (nSPS) is 16.8. The molecule has 0 radical (unpaired) electrons. The van der Waals surface area contributed by atoms with Crippen LogP contribution in [-0.2, 0) is 19.0 Å². The Labute approximate surface area is 102 Å². The van der Waals surface area contributed by atoms with Gasteiger partial charge in [-0.15, -0.1) is 0 Å². The van der Waals surface area contributed by atoms with Gasteiger partial charge in [0.15, 0.2) is 0 Å². The van der Waals surface area contributed by atoms with Crippen LogP contribution in [0, 0.1) is 0 Å².